The van der Waals surface area contributed by atoms with E-state index in [2.05, 4.69) is 42.3 Å². The van der Waals surface area contributed by atoms with Gasteiger partial charge in [-0.2, -0.15) is 0 Å². The summed E-state index contributed by atoms with van der Waals surface area (Å²) in [7, 11) is 12.3. The molecular weight excluding hydrogens is 283 g/mol. The molecule has 0 saturated carbocycles. The van der Waals surface area contributed by atoms with E-state index in [9.17, 15) is 0 Å². The minimum atomic E-state index is 0. The van der Waals surface area contributed by atoms with E-state index in [-0.39, 0.29) is 49.0 Å². The molecule has 0 unspecified atom stereocenters. The highest BCUT2D eigenvalue weighted by atomic mass is 35.5. The van der Waals surface area contributed by atoms with Gasteiger partial charge in [-0.3, -0.25) is 0 Å². The van der Waals surface area contributed by atoms with Crippen molar-refractivity contribution in [1.82, 2.24) is 0 Å². The van der Waals surface area contributed by atoms with Gasteiger partial charge in [0.1, 0.15) is 13.1 Å². The van der Waals surface area contributed by atoms with Crippen molar-refractivity contribution in [2.45, 2.75) is 0 Å². The molecule has 0 fully saturated rings. The summed E-state index contributed by atoms with van der Waals surface area (Å²) < 4.78 is 1.69. The van der Waals surface area contributed by atoms with Gasteiger partial charge in [-0.1, -0.05) is 0 Å². The SMILES string of the molecule is C[N+](C)(C)CCO.C[N+](C)(C)CCO.O.O.[Cl-].[Cl-]. The smallest absolute Gasteiger partial charge is 0.101 e. The molecule has 6 nitrogen and oxygen atoms in total. The lowest BCUT2D eigenvalue weighted by molar-refractivity contribution is -0.870. The van der Waals surface area contributed by atoms with Crippen LogP contribution in [0.1, 0.15) is 0 Å². The van der Waals surface area contributed by atoms with E-state index in [1.54, 1.807) is 0 Å². The van der Waals surface area contributed by atoms with E-state index in [1.165, 1.54) is 0 Å². The molecule has 0 spiro atoms. The van der Waals surface area contributed by atoms with Crippen molar-refractivity contribution in [1.29, 1.82) is 0 Å². The van der Waals surface area contributed by atoms with Gasteiger partial charge in [-0.05, 0) is 0 Å². The van der Waals surface area contributed by atoms with E-state index >= 15 is 0 Å². The zero-order chi connectivity index (χ0) is 11.8. The Kier molecular flexibility index (Phi) is 34.9. The Morgan fingerprint density at radius 3 is 0.778 bits per heavy atom. The molecule has 0 aliphatic rings. The summed E-state index contributed by atoms with van der Waals surface area (Å²) in [4.78, 5) is 0. The van der Waals surface area contributed by atoms with Crippen molar-refractivity contribution in [2.24, 2.45) is 0 Å². The second kappa shape index (κ2) is 17.3. The van der Waals surface area contributed by atoms with Gasteiger partial charge in [0.05, 0.1) is 55.5 Å². The molecule has 0 atom stereocenters. The summed E-state index contributed by atoms with van der Waals surface area (Å²) in [5, 5.41) is 16.8. The summed E-state index contributed by atoms with van der Waals surface area (Å²) in [5.41, 5.74) is 0. The molecular formula is C10H32Cl2N2O4. The van der Waals surface area contributed by atoms with Gasteiger partial charge < -0.3 is 54.9 Å². The molecule has 0 rings (SSSR count). The second-order valence-electron chi connectivity index (χ2n) is 5.48. The van der Waals surface area contributed by atoms with Crippen LogP contribution in [0.4, 0.5) is 0 Å². The molecule has 0 aliphatic heterocycles. The van der Waals surface area contributed by atoms with Crippen LogP contribution in [0, 0.1) is 0 Å². The number of quaternary nitrogens is 2. The minimum Gasteiger partial charge on any atom is -1.00 e. The molecule has 0 saturated heterocycles. The van der Waals surface area contributed by atoms with Crippen LogP contribution in [0.15, 0.2) is 0 Å². The number of nitrogens with zero attached hydrogens (tertiary/aromatic N) is 2. The van der Waals surface area contributed by atoms with Crippen LogP contribution in [0.2, 0.25) is 0 Å². The van der Waals surface area contributed by atoms with E-state index in [0.717, 1.165) is 22.1 Å². The molecule has 0 aromatic rings. The Morgan fingerprint density at radius 1 is 0.611 bits per heavy atom. The standard InChI is InChI=1S/2C5H14NO.2ClH.2H2O/c2*1-6(2,3)4-5-7;;;;/h2*7H,4-5H2,1-3H3;2*1H;2*1H2/q2*+1;;;;/p-2. The molecule has 0 bridgehead atoms. The largest absolute Gasteiger partial charge is 1.00 e. The zero-order valence-corrected chi connectivity index (χ0v) is 13.9. The Hall–Kier alpha value is 0.340. The van der Waals surface area contributed by atoms with E-state index < -0.39 is 0 Å². The highest BCUT2D eigenvalue weighted by molar-refractivity contribution is 4.19. The van der Waals surface area contributed by atoms with Gasteiger partial charge in [0, 0.05) is 0 Å². The first-order valence-electron chi connectivity index (χ1n) is 4.95. The summed E-state index contributed by atoms with van der Waals surface area (Å²) in [6.45, 7) is 2.23. The molecule has 18 heavy (non-hydrogen) atoms. The molecule has 6 N–H and O–H groups in total. The monoisotopic (exact) mass is 314 g/mol. The summed E-state index contributed by atoms with van der Waals surface area (Å²) in [6.07, 6.45) is 0. The highest BCUT2D eigenvalue weighted by Gasteiger charge is 2.02. The normalized spacial score (nSPS) is 9.33. The van der Waals surface area contributed by atoms with Crippen LogP contribution >= 0.6 is 0 Å². The lowest BCUT2D eigenvalue weighted by Crippen LogP contribution is -3.00. The average Bonchev–Trinajstić information content (AvgIpc) is 1.81. The first-order valence-corrected chi connectivity index (χ1v) is 4.95. The molecule has 0 aromatic heterocycles. The van der Waals surface area contributed by atoms with E-state index in [1.807, 2.05) is 0 Å². The van der Waals surface area contributed by atoms with Crippen LogP contribution < -0.4 is 24.8 Å². The number of aliphatic hydroxyl groups excluding tert-OH is 2. The fraction of sp³-hybridized carbons (Fsp3) is 1.00. The Morgan fingerprint density at radius 2 is 0.778 bits per heavy atom. The van der Waals surface area contributed by atoms with Gasteiger partial charge in [0.25, 0.3) is 0 Å². The Bertz CT molecular complexity index is 123. The van der Waals surface area contributed by atoms with E-state index in [0.29, 0.717) is 0 Å². The third-order valence-electron chi connectivity index (χ3n) is 1.54. The number of halogens is 2. The van der Waals surface area contributed by atoms with Gasteiger partial charge in [0.2, 0.25) is 0 Å². The summed E-state index contributed by atoms with van der Waals surface area (Å²) in [6, 6.07) is 0. The number of likely N-dealkylation sites (N-methyl/N-ethyl adjacent to an activating group) is 2. The molecule has 0 radical (unpaired) electrons. The Labute approximate surface area is 124 Å². The van der Waals surface area contributed by atoms with Gasteiger partial charge in [-0.25, -0.2) is 0 Å². The van der Waals surface area contributed by atoms with Crippen molar-refractivity contribution in [2.75, 3.05) is 68.6 Å². The van der Waals surface area contributed by atoms with Crippen LogP contribution in [0.3, 0.4) is 0 Å². The van der Waals surface area contributed by atoms with Crippen LogP contribution in [-0.2, 0) is 0 Å². The third kappa shape index (κ3) is 55.3. The highest BCUT2D eigenvalue weighted by Crippen LogP contribution is 1.85. The lowest BCUT2D eigenvalue weighted by atomic mass is 10.5. The molecule has 120 valence electrons. The van der Waals surface area contributed by atoms with Crippen LogP contribution in [0.25, 0.3) is 0 Å². The molecule has 0 heterocycles. The predicted molar refractivity (Wildman–Crippen MR) is 67.2 cm³/mol. The number of aliphatic hydroxyl groups is 2. The van der Waals surface area contributed by atoms with Gasteiger partial charge >= 0.3 is 0 Å². The summed E-state index contributed by atoms with van der Waals surface area (Å²) in [5.74, 6) is 0. The van der Waals surface area contributed by atoms with Crippen molar-refractivity contribution >= 4 is 0 Å². The fourth-order valence-corrected chi connectivity index (χ4v) is 0.600. The Balaban J connectivity index is -0.0000000327. The third-order valence-corrected chi connectivity index (χ3v) is 1.54. The maximum Gasteiger partial charge on any atom is 0.101 e. The maximum atomic E-state index is 8.39. The number of rotatable bonds is 4. The van der Waals surface area contributed by atoms with Crippen LogP contribution in [0.5, 0.6) is 0 Å². The minimum absolute atomic E-state index is 0. The maximum absolute atomic E-state index is 8.39. The molecule has 0 aliphatic carbocycles. The van der Waals surface area contributed by atoms with E-state index in [4.69, 9.17) is 10.2 Å². The van der Waals surface area contributed by atoms with Crippen molar-refractivity contribution in [3.8, 4) is 0 Å². The molecule has 0 aromatic carbocycles. The molecule has 0 amide bonds. The summed E-state index contributed by atoms with van der Waals surface area (Å²) >= 11 is 0. The van der Waals surface area contributed by atoms with Crippen LogP contribution in [-0.4, -0.2) is 98.7 Å². The lowest BCUT2D eigenvalue weighted by Gasteiger charge is -2.21. The zero-order valence-electron chi connectivity index (χ0n) is 12.4. The number of hydrogen-bond donors (Lipinski definition) is 2. The predicted octanol–water partition coefficient (Wildman–Crippen LogP) is -8.27. The first kappa shape index (κ1) is 36.2. The fourth-order valence-electron chi connectivity index (χ4n) is 0.600. The first-order chi connectivity index (χ1) is 6.12. The number of hydrogen-bond acceptors (Lipinski definition) is 2. The van der Waals surface area contributed by atoms with Crippen molar-refractivity contribution in [3.63, 3.8) is 0 Å². The van der Waals surface area contributed by atoms with Gasteiger partial charge in [-0.15, -0.1) is 0 Å². The molecule has 8 heteroatoms. The quantitative estimate of drug-likeness (QED) is 0.503. The van der Waals surface area contributed by atoms with Crippen molar-refractivity contribution in [3.05, 3.63) is 0 Å². The second-order valence-corrected chi connectivity index (χ2v) is 5.48. The topological polar surface area (TPSA) is 103 Å². The van der Waals surface area contributed by atoms with Crippen molar-refractivity contribution < 1.29 is 54.9 Å². The van der Waals surface area contributed by atoms with Gasteiger partial charge in [0.15, 0.2) is 0 Å². The average molecular weight is 315 g/mol.